The van der Waals surface area contributed by atoms with Crippen molar-refractivity contribution in [2.24, 2.45) is 0 Å². The van der Waals surface area contributed by atoms with E-state index in [4.69, 9.17) is 4.42 Å². The monoisotopic (exact) mass is 1290 g/mol. The van der Waals surface area contributed by atoms with Crippen molar-refractivity contribution in [1.29, 1.82) is 0 Å². The van der Waals surface area contributed by atoms with E-state index >= 15 is 0 Å². The van der Waals surface area contributed by atoms with Crippen LogP contribution in [0.1, 0.15) is 105 Å². The molecule has 0 N–H and O–H groups in total. The van der Waals surface area contributed by atoms with Gasteiger partial charge in [-0.2, -0.15) is 0 Å². The minimum atomic E-state index is -0.296. The van der Waals surface area contributed by atoms with Crippen molar-refractivity contribution in [2.45, 2.75) is 105 Å². The second kappa shape index (κ2) is 22.2. The Balaban J connectivity index is 1.01. The average molecular weight is 1290 g/mol. The van der Waals surface area contributed by atoms with Gasteiger partial charge in [-0.3, -0.25) is 0 Å². The Kier molecular flexibility index (Phi) is 13.6. The molecular weight excluding hydrogens is 1210 g/mol. The van der Waals surface area contributed by atoms with E-state index in [-0.39, 0.29) is 28.4 Å². The van der Waals surface area contributed by atoms with Gasteiger partial charge in [0.15, 0.2) is 5.58 Å². The van der Waals surface area contributed by atoms with Crippen LogP contribution in [0.25, 0.3) is 110 Å². The van der Waals surface area contributed by atoms with Crippen LogP contribution in [-0.4, -0.2) is 15.8 Å². The highest BCUT2D eigenvalue weighted by Gasteiger charge is 2.46. The van der Waals surface area contributed by atoms with Crippen LogP contribution in [0.4, 0.5) is 34.1 Å². The number of anilines is 6. The number of hydrogen-bond acceptors (Lipinski definition) is 3. The molecule has 0 radical (unpaired) electrons. The van der Waals surface area contributed by atoms with E-state index in [9.17, 15) is 0 Å². The van der Waals surface area contributed by atoms with Gasteiger partial charge in [-0.15, -0.1) is 0 Å². The Hall–Kier alpha value is -11.1. The van der Waals surface area contributed by atoms with Crippen molar-refractivity contribution >= 4 is 123 Å². The molecule has 0 bridgehead atoms. The lowest BCUT2D eigenvalue weighted by molar-refractivity contribution is 0.569. The summed E-state index contributed by atoms with van der Waals surface area (Å²) in [6.45, 7) is 28.0. The van der Waals surface area contributed by atoms with E-state index < -0.39 is 0 Å². The van der Waals surface area contributed by atoms with Crippen LogP contribution < -0.4 is 26.2 Å². The molecule has 2 aliphatic heterocycles. The van der Waals surface area contributed by atoms with Gasteiger partial charge < -0.3 is 23.4 Å². The van der Waals surface area contributed by atoms with E-state index in [2.05, 4.69) is 375 Å². The minimum absolute atomic E-state index is 0.0840. The predicted molar refractivity (Wildman–Crippen MR) is 428 cm³/mol. The van der Waals surface area contributed by atoms with E-state index in [1.165, 1.54) is 93.5 Å². The minimum Gasteiger partial charge on any atom is -0.454 e. The second-order valence-electron chi connectivity index (χ2n) is 32.2. The normalized spacial score (nSPS) is 13.3. The molecule has 0 saturated carbocycles. The van der Waals surface area contributed by atoms with Crippen LogP contribution in [0.2, 0.25) is 0 Å². The number of aromatic nitrogens is 2. The maximum atomic E-state index is 7.18. The van der Waals surface area contributed by atoms with Crippen molar-refractivity contribution in [3.05, 3.63) is 295 Å². The first-order valence-electron chi connectivity index (χ1n) is 35.6. The first kappa shape index (κ1) is 61.3. The first-order chi connectivity index (χ1) is 48.1. The zero-order chi connectivity index (χ0) is 68.5. The van der Waals surface area contributed by atoms with Gasteiger partial charge in [-0.25, -0.2) is 0 Å². The van der Waals surface area contributed by atoms with Crippen LogP contribution in [0.5, 0.6) is 0 Å². The van der Waals surface area contributed by atoms with Gasteiger partial charge in [0.25, 0.3) is 6.71 Å². The van der Waals surface area contributed by atoms with Gasteiger partial charge in [0.05, 0.1) is 33.4 Å². The summed E-state index contributed by atoms with van der Waals surface area (Å²) in [6, 6.07) is 104. The first-order valence-corrected chi connectivity index (χ1v) is 35.6. The number of hydrogen-bond donors (Lipinski definition) is 0. The van der Waals surface area contributed by atoms with E-state index in [1.54, 1.807) is 0 Å². The lowest BCUT2D eigenvalue weighted by atomic mass is 9.33. The molecule has 0 unspecified atom stereocenters. The highest BCUT2D eigenvalue weighted by Crippen LogP contribution is 2.54. The Morgan fingerprint density at radius 2 is 0.780 bits per heavy atom. The molecule has 5 nitrogen and oxygen atoms in total. The molecule has 13 aromatic carbocycles. The van der Waals surface area contributed by atoms with Crippen molar-refractivity contribution in [2.75, 3.05) is 9.80 Å². The third-order valence-corrected chi connectivity index (χ3v) is 21.6. The molecule has 100 heavy (non-hydrogen) atoms. The molecule has 0 amide bonds. The van der Waals surface area contributed by atoms with Crippen molar-refractivity contribution in [1.82, 2.24) is 9.13 Å². The zero-order valence-corrected chi connectivity index (χ0v) is 59.3. The van der Waals surface area contributed by atoms with Gasteiger partial charge in [0.1, 0.15) is 5.58 Å². The molecule has 3 aromatic heterocycles. The summed E-state index contributed by atoms with van der Waals surface area (Å²) in [6.07, 6.45) is 0. The average Bonchev–Trinajstić information content (AvgIpc) is 0.733. The van der Waals surface area contributed by atoms with Crippen LogP contribution in [0.3, 0.4) is 0 Å². The van der Waals surface area contributed by atoms with Gasteiger partial charge in [0.2, 0.25) is 0 Å². The summed E-state index contributed by atoms with van der Waals surface area (Å²) in [4.78, 5) is 5.29. The summed E-state index contributed by atoms with van der Waals surface area (Å²) in [5.41, 5.74) is 30.5. The fourth-order valence-corrected chi connectivity index (χ4v) is 16.4. The quantitative estimate of drug-likeness (QED) is 0.149. The third kappa shape index (κ3) is 9.65. The Morgan fingerprint density at radius 1 is 0.280 bits per heavy atom. The number of benzene rings is 13. The van der Waals surface area contributed by atoms with Gasteiger partial charge in [-0.05, 0) is 174 Å². The summed E-state index contributed by atoms with van der Waals surface area (Å²) in [5, 5.41) is 7.09. The number of furan rings is 1. The molecule has 0 atom stereocenters. The molecule has 6 heteroatoms. The number of para-hydroxylation sites is 5. The Labute approximate surface area is 587 Å². The molecule has 0 spiro atoms. The number of rotatable bonds is 7. The second-order valence-corrected chi connectivity index (χ2v) is 32.2. The van der Waals surface area contributed by atoms with E-state index in [0.29, 0.717) is 0 Å². The highest BCUT2D eigenvalue weighted by atomic mass is 16.3. The molecule has 2 aliphatic rings. The standard InChI is InChI=1S/C94H81BN4O/c1-91(2,3)62-47-61(48-63(50-62)92(4,5)6)60-43-46-80-77(49-60)95-76-45-44-67(97-79-40-26-23-36-69(79)75-56-74-68-35-22-25-39-78(68)96(82(74)57-83(75)97)66-33-20-15-21-34-66)55-84(76)99(89-72(58-29-16-13-17-30-58)51-64(93(7,8)9)52-73(89)59-31-18-14-19-32-59)86-54-65(94(10,11)12)53-85(88(86)95)98(80)81-41-28-38-71-70-37-24-27-42-87(70)100-90(71)81/h13-57H,1-12H3. The predicted octanol–water partition coefficient (Wildman–Crippen LogP) is 24.1. The summed E-state index contributed by atoms with van der Waals surface area (Å²) >= 11 is 0. The van der Waals surface area contributed by atoms with Gasteiger partial charge >= 0.3 is 0 Å². The molecule has 5 heterocycles. The fraction of sp³-hybridized carbons (Fsp3) is 0.170. The summed E-state index contributed by atoms with van der Waals surface area (Å²) < 4.78 is 12.2. The number of fused-ring (bicyclic) bond motifs is 13. The van der Waals surface area contributed by atoms with Crippen LogP contribution >= 0.6 is 0 Å². The van der Waals surface area contributed by atoms with Crippen LogP contribution in [0, 0.1) is 0 Å². The molecular formula is C94H81BN4O. The smallest absolute Gasteiger partial charge is 0.252 e. The van der Waals surface area contributed by atoms with Crippen LogP contribution in [0.15, 0.2) is 277 Å². The summed E-state index contributed by atoms with van der Waals surface area (Å²) in [7, 11) is 0. The molecule has 486 valence electrons. The maximum absolute atomic E-state index is 7.18. The van der Waals surface area contributed by atoms with E-state index in [0.717, 1.165) is 89.6 Å². The molecule has 0 aliphatic carbocycles. The maximum Gasteiger partial charge on any atom is 0.252 e. The SMILES string of the molecule is CC(C)(C)c1cc(-c2ccc3c(c2)B2c4ccc(-n5c6ccccc6c6cc7c8ccccc8n(-c8ccccc8)c7cc65)cc4N(c4c(-c5ccccc5)cc(C(C)(C)C)cc4-c4ccccc4)c4cc(C(C)(C)C)cc(c42)N3c2cccc3c2oc2ccccc23)cc(C(C)(C)C)c1. The van der Waals surface area contributed by atoms with Gasteiger partial charge in [-0.1, -0.05) is 265 Å². The Bertz CT molecular complexity index is 5930. The van der Waals surface area contributed by atoms with Gasteiger partial charge in [0, 0.05) is 77.6 Å². The number of nitrogens with zero attached hydrogens (tertiary/aromatic N) is 4. The Morgan fingerprint density at radius 3 is 1.37 bits per heavy atom. The molecule has 18 rings (SSSR count). The van der Waals surface area contributed by atoms with Crippen LogP contribution in [-0.2, 0) is 21.7 Å². The lowest BCUT2D eigenvalue weighted by Gasteiger charge is -2.46. The third-order valence-electron chi connectivity index (χ3n) is 21.6. The zero-order valence-electron chi connectivity index (χ0n) is 59.3. The fourth-order valence-electron chi connectivity index (χ4n) is 16.4. The lowest BCUT2D eigenvalue weighted by Crippen LogP contribution is -2.61. The molecule has 0 saturated heterocycles. The highest BCUT2D eigenvalue weighted by molar-refractivity contribution is 7.00. The molecule has 0 fully saturated rings. The topological polar surface area (TPSA) is 29.5 Å². The van der Waals surface area contributed by atoms with Crippen molar-refractivity contribution in [3.8, 4) is 44.8 Å². The molecule has 16 aromatic rings. The van der Waals surface area contributed by atoms with Crippen molar-refractivity contribution in [3.63, 3.8) is 0 Å². The van der Waals surface area contributed by atoms with E-state index in [1.807, 2.05) is 0 Å². The summed E-state index contributed by atoms with van der Waals surface area (Å²) in [5.74, 6) is 0. The van der Waals surface area contributed by atoms with Crippen molar-refractivity contribution < 1.29 is 4.42 Å². The largest absolute Gasteiger partial charge is 0.454 e.